The van der Waals surface area contributed by atoms with Crippen LogP contribution in [0.3, 0.4) is 0 Å². The van der Waals surface area contributed by atoms with Crippen LogP contribution < -0.4 is 5.32 Å². The monoisotopic (exact) mass is 212 g/mol. The highest BCUT2D eigenvalue weighted by Gasteiger charge is 2.19. The van der Waals surface area contributed by atoms with E-state index in [-0.39, 0.29) is 0 Å². The SMILES string of the molecule is CCN(CCC(C)NC)C1CCCCC1. The Morgan fingerprint density at radius 2 is 1.93 bits per heavy atom. The molecule has 0 saturated heterocycles. The summed E-state index contributed by atoms with van der Waals surface area (Å²) in [7, 11) is 2.06. The van der Waals surface area contributed by atoms with E-state index in [1.165, 1.54) is 51.6 Å². The van der Waals surface area contributed by atoms with Crippen molar-refractivity contribution in [3.63, 3.8) is 0 Å². The molecule has 0 radical (unpaired) electrons. The van der Waals surface area contributed by atoms with Gasteiger partial charge < -0.3 is 10.2 Å². The maximum Gasteiger partial charge on any atom is 0.00951 e. The van der Waals surface area contributed by atoms with Gasteiger partial charge in [0, 0.05) is 12.1 Å². The lowest BCUT2D eigenvalue weighted by Gasteiger charge is -2.34. The summed E-state index contributed by atoms with van der Waals surface area (Å²) in [4.78, 5) is 2.69. The van der Waals surface area contributed by atoms with Crippen molar-refractivity contribution in [1.82, 2.24) is 10.2 Å². The number of rotatable bonds is 6. The van der Waals surface area contributed by atoms with E-state index in [1.807, 2.05) is 0 Å². The second kappa shape index (κ2) is 7.24. The molecule has 2 nitrogen and oxygen atoms in total. The first-order chi connectivity index (χ1) is 7.27. The summed E-state index contributed by atoms with van der Waals surface area (Å²) >= 11 is 0. The third-order valence-corrected chi connectivity index (χ3v) is 3.84. The molecule has 1 saturated carbocycles. The molecule has 0 heterocycles. The summed E-state index contributed by atoms with van der Waals surface area (Å²) in [6, 6.07) is 1.54. The lowest BCUT2D eigenvalue weighted by molar-refractivity contribution is 0.158. The number of hydrogen-bond acceptors (Lipinski definition) is 2. The summed E-state index contributed by atoms with van der Waals surface area (Å²) in [6.07, 6.45) is 8.50. The van der Waals surface area contributed by atoms with Gasteiger partial charge in [-0.3, -0.25) is 0 Å². The van der Waals surface area contributed by atoms with Gasteiger partial charge in [-0.25, -0.2) is 0 Å². The Morgan fingerprint density at radius 3 is 2.47 bits per heavy atom. The van der Waals surface area contributed by atoms with Crippen LogP contribution in [-0.4, -0.2) is 37.1 Å². The van der Waals surface area contributed by atoms with Gasteiger partial charge in [0.15, 0.2) is 0 Å². The lowest BCUT2D eigenvalue weighted by Crippen LogP contribution is -2.39. The normalized spacial score (nSPS) is 20.8. The first-order valence-electron chi connectivity index (χ1n) is 6.69. The molecule has 0 aromatic heterocycles. The van der Waals surface area contributed by atoms with Gasteiger partial charge in [0.2, 0.25) is 0 Å². The van der Waals surface area contributed by atoms with Crippen molar-refractivity contribution in [3.05, 3.63) is 0 Å². The fourth-order valence-corrected chi connectivity index (χ4v) is 2.55. The fraction of sp³-hybridized carbons (Fsp3) is 1.00. The molecule has 90 valence electrons. The molecule has 0 bridgehead atoms. The number of hydrogen-bond donors (Lipinski definition) is 1. The molecule has 0 amide bonds. The average molecular weight is 212 g/mol. The van der Waals surface area contributed by atoms with Crippen molar-refractivity contribution >= 4 is 0 Å². The van der Waals surface area contributed by atoms with E-state index >= 15 is 0 Å². The van der Waals surface area contributed by atoms with E-state index in [4.69, 9.17) is 0 Å². The molecule has 1 aliphatic rings. The third kappa shape index (κ3) is 4.52. The van der Waals surface area contributed by atoms with E-state index in [0.717, 1.165) is 6.04 Å². The van der Waals surface area contributed by atoms with E-state index in [9.17, 15) is 0 Å². The average Bonchev–Trinajstić information content (AvgIpc) is 2.31. The molecule has 0 aliphatic heterocycles. The molecule has 1 rings (SSSR count). The topological polar surface area (TPSA) is 15.3 Å². The van der Waals surface area contributed by atoms with Gasteiger partial charge in [0.05, 0.1) is 0 Å². The van der Waals surface area contributed by atoms with E-state index in [1.54, 1.807) is 0 Å². The van der Waals surface area contributed by atoms with E-state index in [2.05, 4.69) is 31.1 Å². The molecule has 0 aromatic rings. The second-order valence-corrected chi connectivity index (χ2v) is 4.90. The summed E-state index contributed by atoms with van der Waals surface area (Å²) in [5.41, 5.74) is 0. The molecule has 1 fully saturated rings. The standard InChI is InChI=1S/C13H28N2/c1-4-15(11-10-12(2)14-3)13-8-6-5-7-9-13/h12-14H,4-11H2,1-3H3. The minimum absolute atomic E-state index is 0.655. The summed E-state index contributed by atoms with van der Waals surface area (Å²) in [6.45, 7) is 7.07. The van der Waals surface area contributed by atoms with Crippen LogP contribution in [0, 0.1) is 0 Å². The first kappa shape index (κ1) is 13.0. The summed E-state index contributed by atoms with van der Waals surface area (Å²) in [5, 5.41) is 3.32. The van der Waals surface area contributed by atoms with Crippen molar-refractivity contribution < 1.29 is 0 Å². The number of nitrogens with one attached hydrogen (secondary N) is 1. The molecule has 1 N–H and O–H groups in total. The minimum Gasteiger partial charge on any atom is -0.317 e. The molecule has 15 heavy (non-hydrogen) atoms. The Morgan fingerprint density at radius 1 is 1.27 bits per heavy atom. The van der Waals surface area contributed by atoms with Gasteiger partial charge in [0.25, 0.3) is 0 Å². The lowest BCUT2D eigenvalue weighted by atomic mass is 9.94. The highest BCUT2D eigenvalue weighted by atomic mass is 15.1. The Labute approximate surface area is 95.4 Å². The molecule has 1 aliphatic carbocycles. The van der Waals surface area contributed by atoms with Crippen molar-refractivity contribution in [1.29, 1.82) is 0 Å². The second-order valence-electron chi connectivity index (χ2n) is 4.90. The van der Waals surface area contributed by atoms with E-state index in [0.29, 0.717) is 6.04 Å². The quantitative estimate of drug-likeness (QED) is 0.728. The molecule has 1 unspecified atom stereocenters. The van der Waals surface area contributed by atoms with Crippen molar-refractivity contribution in [2.75, 3.05) is 20.1 Å². The maximum absolute atomic E-state index is 3.32. The highest BCUT2D eigenvalue weighted by Crippen LogP contribution is 2.22. The van der Waals surface area contributed by atoms with Crippen LogP contribution in [0.5, 0.6) is 0 Å². The molecular weight excluding hydrogens is 184 g/mol. The zero-order valence-corrected chi connectivity index (χ0v) is 10.8. The van der Waals surface area contributed by atoms with Gasteiger partial charge >= 0.3 is 0 Å². The van der Waals surface area contributed by atoms with Crippen molar-refractivity contribution in [2.45, 2.75) is 64.5 Å². The van der Waals surface area contributed by atoms with Gasteiger partial charge in [-0.05, 0) is 46.3 Å². The summed E-state index contributed by atoms with van der Waals surface area (Å²) in [5.74, 6) is 0. The molecule has 0 aromatic carbocycles. The predicted octanol–water partition coefficient (Wildman–Crippen LogP) is 2.64. The summed E-state index contributed by atoms with van der Waals surface area (Å²) < 4.78 is 0. The van der Waals surface area contributed by atoms with Gasteiger partial charge in [0.1, 0.15) is 0 Å². The van der Waals surface area contributed by atoms with Crippen LogP contribution in [-0.2, 0) is 0 Å². The maximum atomic E-state index is 3.32. The van der Waals surface area contributed by atoms with Gasteiger partial charge in [-0.2, -0.15) is 0 Å². The van der Waals surface area contributed by atoms with Crippen LogP contribution in [0.25, 0.3) is 0 Å². The molecular formula is C13H28N2. The Balaban J connectivity index is 2.27. The zero-order chi connectivity index (χ0) is 11.1. The van der Waals surface area contributed by atoms with Crippen LogP contribution in [0.15, 0.2) is 0 Å². The van der Waals surface area contributed by atoms with Crippen molar-refractivity contribution in [3.8, 4) is 0 Å². The van der Waals surface area contributed by atoms with Gasteiger partial charge in [-0.1, -0.05) is 26.2 Å². The largest absolute Gasteiger partial charge is 0.317 e. The predicted molar refractivity (Wildman–Crippen MR) is 67.3 cm³/mol. The smallest absolute Gasteiger partial charge is 0.00951 e. The highest BCUT2D eigenvalue weighted by molar-refractivity contribution is 4.76. The fourth-order valence-electron chi connectivity index (χ4n) is 2.55. The van der Waals surface area contributed by atoms with E-state index < -0.39 is 0 Å². The Hall–Kier alpha value is -0.0800. The Kier molecular flexibility index (Phi) is 6.26. The third-order valence-electron chi connectivity index (χ3n) is 3.84. The van der Waals surface area contributed by atoms with Crippen molar-refractivity contribution in [2.24, 2.45) is 0 Å². The Bertz CT molecular complexity index is 153. The molecule has 0 spiro atoms. The zero-order valence-electron chi connectivity index (χ0n) is 10.8. The minimum atomic E-state index is 0.655. The molecule has 2 heteroatoms. The molecule has 1 atom stereocenters. The van der Waals surface area contributed by atoms with Gasteiger partial charge in [-0.15, -0.1) is 0 Å². The van der Waals surface area contributed by atoms with Crippen LogP contribution in [0.1, 0.15) is 52.4 Å². The van der Waals surface area contributed by atoms with Crippen LogP contribution >= 0.6 is 0 Å². The van der Waals surface area contributed by atoms with Crippen LogP contribution in [0.2, 0.25) is 0 Å². The number of nitrogens with zero attached hydrogens (tertiary/aromatic N) is 1. The first-order valence-corrected chi connectivity index (χ1v) is 6.69. The van der Waals surface area contributed by atoms with Crippen LogP contribution in [0.4, 0.5) is 0 Å².